The summed E-state index contributed by atoms with van der Waals surface area (Å²) in [5, 5.41) is 11.7. The molecule has 1 amide bonds. The Hall–Kier alpha value is -4.39. The second-order valence-electron chi connectivity index (χ2n) is 7.13. The smallest absolute Gasteiger partial charge is 0.344 e. The highest BCUT2D eigenvalue weighted by Crippen LogP contribution is 2.17. The van der Waals surface area contributed by atoms with Crippen molar-refractivity contribution in [2.45, 2.75) is 13.0 Å². The predicted molar refractivity (Wildman–Crippen MR) is 125 cm³/mol. The topological polar surface area (TPSA) is 102 Å². The molecule has 3 aromatic rings. The maximum atomic E-state index is 12.5. The molecule has 0 aliphatic rings. The second kappa shape index (κ2) is 10.8. The summed E-state index contributed by atoms with van der Waals surface area (Å²) >= 11 is 0. The number of carboxylic acid groups (broad SMARTS) is 1. The molecule has 0 radical (unpaired) electrons. The van der Waals surface area contributed by atoms with Crippen LogP contribution in [0.4, 0.5) is 5.69 Å². The lowest BCUT2D eigenvalue weighted by Gasteiger charge is -2.10. The highest BCUT2D eigenvalue weighted by Gasteiger charge is 2.12. The number of hydrogen-bond acceptors (Lipinski definition) is 5. The molecule has 1 atom stereocenters. The van der Waals surface area contributed by atoms with Crippen LogP contribution < -0.4 is 14.8 Å². The maximum Gasteiger partial charge on any atom is 0.344 e. The average molecular weight is 445 g/mol. The van der Waals surface area contributed by atoms with Crippen molar-refractivity contribution in [3.05, 3.63) is 95.6 Å². The number of rotatable bonds is 9. The first-order valence-electron chi connectivity index (χ1n) is 10.1. The van der Waals surface area contributed by atoms with E-state index in [4.69, 9.17) is 14.6 Å². The molecule has 0 bridgehead atoms. The van der Waals surface area contributed by atoms with Crippen molar-refractivity contribution in [3.8, 4) is 11.5 Å². The first-order valence-corrected chi connectivity index (χ1v) is 10.1. The van der Waals surface area contributed by atoms with Gasteiger partial charge < -0.3 is 19.9 Å². The Bertz CT molecular complexity index is 1170. The van der Waals surface area contributed by atoms with Crippen molar-refractivity contribution in [1.82, 2.24) is 0 Å². The Morgan fingerprint density at radius 3 is 2.18 bits per heavy atom. The third-order valence-electron chi connectivity index (χ3n) is 4.72. The van der Waals surface area contributed by atoms with Gasteiger partial charge in [0, 0.05) is 16.8 Å². The summed E-state index contributed by atoms with van der Waals surface area (Å²) in [6.45, 7) is 1.43. The Morgan fingerprint density at radius 2 is 1.55 bits per heavy atom. The van der Waals surface area contributed by atoms with E-state index in [1.807, 2.05) is 6.07 Å². The molecule has 3 rings (SSSR count). The highest BCUT2D eigenvalue weighted by atomic mass is 16.5. The summed E-state index contributed by atoms with van der Waals surface area (Å²) in [6, 6.07) is 20.1. The van der Waals surface area contributed by atoms with E-state index in [1.165, 1.54) is 13.0 Å². The molecule has 0 saturated carbocycles. The molecule has 2 N–H and O–H groups in total. The van der Waals surface area contributed by atoms with E-state index in [0.29, 0.717) is 28.3 Å². The Kier molecular flexibility index (Phi) is 7.60. The van der Waals surface area contributed by atoms with Gasteiger partial charge in [0.1, 0.15) is 11.5 Å². The molecular formula is C26H23NO6. The predicted octanol–water partition coefficient (Wildman–Crippen LogP) is 4.70. The first kappa shape index (κ1) is 23.3. The first-order chi connectivity index (χ1) is 15.9. The van der Waals surface area contributed by atoms with Crippen molar-refractivity contribution in [1.29, 1.82) is 0 Å². The summed E-state index contributed by atoms with van der Waals surface area (Å²) in [5.74, 6) is -0.513. The van der Waals surface area contributed by atoms with Gasteiger partial charge in [0.2, 0.25) is 0 Å². The minimum atomic E-state index is -1.07. The number of ketones is 1. The molecule has 1 unspecified atom stereocenters. The largest absolute Gasteiger partial charge is 0.497 e. The maximum absolute atomic E-state index is 12.5. The van der Waals surface area contributed by atoms with Gasteiger partial charge in [-0.1, -0.05) is 18.2 Å². The average Bonchev–Trinajstić information content (AvgIpc) is 2.83. The highest BCUT2D eigenvalue weighted by molar-refractivity contribution is 6.07. The van der Waals surface area contributed by atoms with Crippen LogP contribution in [-0.2, 0) is 4.79 Å². The standard InChI is InChI=1S/C26H23NO6/c1-17(26(30)31)33-23-13-7-19(8-14-23)24(28)15-6-18-4-3-5-21(16-18)27-25(29)20-9-11-22(32-2)12-10-20/h3-17H,1-2H3,(H,27,29)(H,30,31)/b15-6+. The van der Waals surface area contributed by atoms with Crippen molar-refractivity contribution < 1.29 is 29.0 Å². The van der Waals surface area contributed by atoms with Gasteiger partial charge in [-0.3, -0.25) is 9.59 Å². The van der Waals surface area contributed by atoms with Crippen LogP contribution in [0.1, 0.15) is 33.2 Å². The SMILES string of the molecule is COc1ccc(C(=O)Nc2cccc(/C=C/C(=O)c3ccc(OC(C)C(=O)O)cc3)c2)cc1. The number of methoxy groups -OCH3 is 1. The number of aliphatic carboxylic acids is 1. The minimum Gasteiger partial charge on any atom is -0.497 e. The summed E-state index contributed by atoms with van der Waals surface area (Å²) in [6.07, 6.45) is 2.10. The number of anilines is 1. The number of allylic oxidation sites excluding steroid dienone is 1. The number of amides is 1. The molecule has 0 aliphatic carbocycles. The zero-order valence-electron chi connectivity index (χ0n) is 18.1. The lowest BCUT2D eigenvalue weighted by atomic mass is 10.1. The third kappa shape index (κ3) is 6.54. The zero-order valence-corrected chi connectivity index (χ0v) is 18.1. The van der Waals surface area contributed by atoms with Crippen molar-refractivity contribution in [3.63, 3.8) is 0 Å². The van der Waals surface area contributed by atoms with Crippen molar-refractivity contribution in [2.24, 2.45) is 0 Å². The van der Waals surface area contributed by atoms with Crippen LogP contribution in [0.2, 0.25) is 0 Å². The Balaban J connectivity index is 1.63. The molecule has 0 fully saturated rings. The fourth-order valence-corrected chi connectivity index (χ4v) is 2.89. The van der Waals surface area contributed by atoms with E-state index in [-0.39, 0.29) is 11.7 Å². The van der Waals surface area contributed by atoms with Crippen LogP contribution in [0.5, 0.6) is 11.5 Å². The second-order valence-corrected chi connectivity index (χ2v) is 7.13. The fraction of sp³-hybridized carbons (Fsp3) is 0.115. The summed E-state index contributed by atoms with van der Waals surface area (Å²) in [4.78, 5) is 35.8. The van der Waals surface area contributed by atoms with E-state index in [1.54, 1.807) is 79.9 Å². The Morgan fingerprint density at radius 1 is 0.909 bits per heavy atom. The van der Waals surface area contributed by atoms with E-state index >= 15 is 0 Å². The lowest BCUT2D eigenvalue weighted by Crippen LogP contribution is -2.22. The monoisotopic (exact) mass is 445 g/mol. The van der Waals surface area contributed by atoms with Gasteiger partial charge in [-0.25, -0.2) is 4.79 Å². The van der Waals surface area contributed by atoms with Crippen LogP contribution in [0.25, 0.3) is 6.08 Å². The quantitative estimate of drug-likeness (QED) is 0.366. The summed E-state index contributed by atoms with van der Waals surface area (Å²) < 4.78 is 10.4. The molecule has 7 nitrogen and oxygen atoms in total. The van der Waals surface area contributed by atoms with Crippen LogP contribution >= 0.6 is 0 Å². The molecule has 7 heteroatoms. The fourth-order valence-electron chi connectivity index (χ4n) is 2.89. The lowest BCUT2D eigenvalue weighted by molar-refractivity contribution is -0.144. The van der Waals surface area contributed by atoms with Crippen LogP contribution in [-0.4, -0.2) is 36.0 Å². The van der Waals surface area contributed by atoms with Crippen LogP contribution in [0, 0.1) is 0 Å². The number of nitrogens with one attached hydrogen (secondary N) is 1. The number of ether oxygens (including phenoxy) is 2. The van der Waals surface area contributed by atoms with Gasteiger partial charge in [-0.15, -0.1) is 0 Å². The molecule has 0 aromatic heterocycles. The number of carbonyl (C=O) groups excluding carboxylic acids is 2. The van der Waals surface area contributed by atoms with Crippen LogP contribution in [0.3, 0.4) is 0 Å². The van der Waals surface area contributed by atoms with Gasteiger partial charge in [-0.2, -0.15) is 0 Å². The van der Waals surface area contributed by atoms with Gasteiger partial charge in [0.05, 0.1) is 7.11 Å². The minimum absolute atomic E-state index is 0.222. The molecule has 0 heterocycles. The third-order valence-corrected chi connectivity index (χ3v) is 4.72. The molecular weight excluding hydrogens is 422 g/mol. The van der Waals surface area contributed by atoms with Crippen molar-refractivity contribution in [2.75, 3.05) is 12.4 Å². The van der Waals surface area contributed by atoms with E-state index in [0.717, 1.165) is 5.56 Å². The van der Waals surface area contributed by atoms with Gasteiger partial charge in [-0.05, 0) is 79.2 Å². The Labute approximate surface area is 191 Å². The van der Waals surface area contributed by atoms with E-state index in [9.17, 15) is 14.4 Å². The molecule has 33 heavy (non-hydrogen) atoms. The normalized spacial score (nSPS) is 11.6. The molecule has 0 saturated heterocycles. The number of carboxylic acids is 1. The number of benzene rings is 3. The van der Waals surface area contributed by atoms with Gasteiger partial charge in [0.25, 0.3) is 5.91 Å². The van der Waals surface area contributed by atoms with Gasteiger partial charge >= 0.3 is 5.97 Å². The van der Waals surface area contributed by atoms with Crippen molar-refractivity contribution >= 4 is 29.4 Å². The molecule has 0 spiro atoms. The van der Waals surface area contributed by atoms with Crippen LogP contribution in [0.15, 0.2) is 78.9 Å². The zero-order chi connectivity index (χ0) is 23.8. The number of carbonyl (C=O) groups is 3. The van der Waals surface area contributed by atoms with Gasteiger partial charge in [0.15, 0.2) is 11.9 Å². The number of hydrogen-bond donors (Lipinski definition) is 2. The molecule has 0 aliphatic heterocycles. The molecule has 168 valence electrons. The molecule has 3 aromatic carbocycles. The summed E-state index contributed by atoms with van der Waals surface area (Å²) in [7, 11) is 1.56. The van der Waals surface area contributed by atoms with E-state index in [2.05, 4.69) is 5.32 Å². The summed E-state index contributed by atoms with van der Waals surface area (Å²) in [5.41, 5.74) is 2.27. The van der Waals surface area contributed by atoms with E-state index < -0.39 is 12.1 Å².